The summed E-state index contributed by atoms with van der Waals surface area (Å²) in [6.07, 6.45) is 0.655. The van der Waals surface area contributed by atoms with Gasteiger partial charge in [0.05, 0.1) is 11.4 Å². The van der Waals surface area contributed by atoms with Crippen molar-refractivity contribution < 1.29 is 8.42 Å². The summed E-state index contributed by atoms with van der Waals surface area (Å²) in [6, 6.07) is 8.35. The Bertz CT molecular complexity index is 813. The van der Waals surface area contributed by atoms with Gasteiger partial charge in [-0.2, -0.15) is 5.10 Å². The average Bonchev–Trinajstić information content (AvgIpc) is 2.72. The first-order valence-electron chi connectivity index (χ1n) is 8.11. The van der Waals surface area contributed by atoms with Crippen LogP contribution in [0.3, 0.4) is 0 Å². The number of nitrogens with zero attached hydrogens (tertiary/aromatic N) is 2. The van der Waals surface area contributed by atoms with Gasteiger partial charge in [0, 0.05) is 13.6 Å². The first kappa shape index (κ1) is 18.7. The number of benzene rings is 1. The van der Waals surface area contributed by atoms with Gasteiger partial charge in [0.1, 0.15) is 4.90 Å². The SMILES string of the molecule is Cc1nn(C)c(C)c1S(=O)(=O)NCCc1ccc(C(C)(C)C)cc1. The highest BCUT2D eigenvalue weighted by molar-refractivity contribution is 7.89. The van der Waals surface area contributed by atoms with Crippen LogP contribution in [0.4, 0.5) is 0 Å². The number of hydrogen-bond donors (Lipinski definition) is 1. The number of rotatable bonds is 5. The average molecular weight is 350 g/mol. The van der Waals surface area contributed by atoms with Crippen molar-refractivity contribution in [2.45, 2.75) is 51.3 Å². The number of aryl methyl sites for hydroxylation is 2. The second-order valence-corrected chi connectivity index (χ2v) is 8.92. The van der Waals surface area contributed by atoms with Crippen molar-refractivity contribution in [3.8, 4) is 0 Å². The largest absolute Gasteiger partial charge is 0.271 e. The van der Waals surface area contributed by atoms with E-state index in [0.29, 0.717) is 24.4 Å². The third kappa shape index (κ3) is 4.05. The van der Waals surface area contributed by atoms with E-state index in [-0.39, 0.29) is 10.3 Å². The summed E-state index contributed by atoms with van der Waals surface area (Å²) in [5.74, 6) is 0. The Balaban J connectivity index is 2.03. The van der Waals surface area contributed by atoms with Crippen molar-refractivity contribution in [1.29, 1.82) is 0 Å². The molecular formula is C18H27N3O2S. The lowest BCUT2D eigenvalue weighted by Crippen LogP contribution is -2.27. The van der Waals surface area contributed by atoms with Gasteiger partial charge in [-0.15, -0.1) is 0 Å². The van der Waals surface area contributed by atoms with Crippen LogP contribution in [0, 0.1) is 13.8 Å². The summed E-state index contributed by atoms with van der Waals surface area (Å²) in [7, 11) is -1.79. The molecular weight excluding hydrogens is 322 g/mol. The van der Waals surface area contributed by atoms with Gasteiger partial charge >= 0.3 is 0 Å². The zero-order chi connectivity index (χ0) is 18.1. The summed E-state index contributed by atoms with van der Waals surface area (Å²) in [5.41, 5.74) is 3.68. The fraction of sp³-hybridized carbons (Fsp3) is 0.500. The lowest BCUT2D eigenvalue weighted by atomic mass is 9.86. The molecule has 1 heterocycles. The molecule has 0 aliphatic carbocycles. The molecule has 1 aromatic heterocycles. The maximum absolute atomic E-state index is 12.5. The second-order valence-electron chi connectivity index (χ2n) is 7.22. The predicted octanol–water partition coefficient (Wildman–Crippen LogP) is 2.86. The Labute approximate surface area is 145 Å². The van der Waals surface area contributed by atoms with E-state index in [9.17, 15) is 8.42 Å². The van der Waals surface area contributed by atoms with Gasteiger partial charge in [0.2, 0.25) is 10.0 Å². The number of hydrogen-bond acceptors (Lipinski definition) is 3. The summed E-state index contributed by atoms with van der Waals surface area (Å²) in [5, 5.41) is 4.17. The van der Waals surface area contributed by atoms with Gasteiger partial charge in [-0.05, 0) is 36.8 Å². The zero-order valence-electron chi connectivity index (χ0n) is 15.3. The van der Waals surface area contributed by atoms with Crippen LogP contribution in [0.15, 0.2) is 29.2 Å². The third-order valence-corrected chi connectivity index (χ3v) is 5.95. The maximum atomic E-state index is 12.5. The maximum Gasteiger partial charge on any atom is 0.244 e. The minimum absolute atomic E-state index is 0.121. The van der Waals surface area contributed by atoms with Crippen LogP contribution in [0.25, 0.3) is 0 Å². The molecule has 0 fully saturated rings. The zero-order valence-corrected chi connectivity index (χ0v) is 16.2. The van der Waals surface area contributed by atoms with Crippen molar-refractivity contribution in [3.05, 3.63) is 46.8 Å². The summed E-state index contributed by atoms with van der Waals surface area (Å²) in [4.78, 5) is 0.285. The Kier molecular flexibility index (Phi) is 5.20. The highest BCUT2D eigenvalue weighted by Crippen LogP contribution is 2.22. The fourth-order valence-corrected chi connectivity index (χ4v) is 4.18. The van der Waals surface area contributed by atoms with E-state index in [1.807, 2.05) is 0 Å². The van der Waals surface area contributed by atoms with Gasteiger partial charge in [-0.25, -0.2) is 13.1 Å². The molecule has 0 saturated heterocycles. The van der Waals surface area contributed by atoms with E-state index in [1.54, 1.807) is 25.6 Å². The first-order valence-corrected chi connectivity index (χ1v) is 9.60. The van der Waals surface area contributed by atoms with Crippen molar-refractivity contribution >= 4 is 10.0 Å². The van der Waals surface area contributed by atoms with Crippen LogP contribution in [-0.2, 0) is 28.9 Å². The molecule has 0 spiro atoms. The minimum Gasteiger partial charge on any atom is -0.271 e. The van der Waals surface area contributed by atoms with Gasteiger partial charge in [0.25, 0.3) is 0 Å². The molecule has 0 saturated carbocycles. The number of sulfonamides is 1. The minimum atomic E-state index is -3.54. The number of nitrogens with one attached hydrogen (secondary N) is 1. The lowest BCUT2D eigenvalue weighted by Gasteiger charge is -2.19. The molecule has 2 aromatic rings. The van der Waals surface area contributed by atoms with E-state index in [4.69, 9.17) is 0 Å². The topological polar surface area (TPSA) is 64.0 Å². The molecule has 0 aliphatic heterocycles. The lowest BCUT2D eigenvalue weighted by molar-refractivity contribution is 0.580. The Hall–Kier alpha value is -1.66. The van der Waals surface area contributed by atoms with E-state index in [0.717, 1.165) is 5.56 Å². The highest BCUT2D eigenvalue weighted by Gasteiger charge is 2.23. The van der Waals surface area contributed by atoms with Crippen LogP contribution < -0.4 is 4.72 Å². The second kappa shape index (κ2) is 6.69. The molecule has 0 radical (unpaired) electrons. The molecule has 0 aliphatic rings. The van der Waals surface area contributed by atoms with E-state index < -0.39 is 10.0 Å². The van der Waals surface area contributed by atoms with Crippen molar-refractivity contribution in [3.63, 3.8) is 0 Å². The predicted molar refractivity (Wildman–Crippen MR) is 96.7 cm³/mol. The van der Waals surface area contributed by atoms with Gasteiger partial charge in [-0.3, -0.25) is 4.68 Å². The third-order valence-electron chi connectivity index (χ3n) is 4.24. The normalized spacial score (nSPS) is 12.6. The molecule has 2 rings (SSSR count). The molecule has 132 valence electrons. The van der Waals surface area contributed by atoms with Gasteiger partial charge < -0.3 is 0 Å². The molecule has 0 atom stereocenters. The first-order chi connectivity index (χ1) is 11.0. The molecule has 6 heteroatoms. The standard InChI is InChI=1S/C18H27N3O2S/c1-13-17(14(2)21(6)20-13)24(22,23)19-12-11-15-7-9-16(10-8-15)18(3,4)5/h7-10,19H,11-12H2,1-6H3. The molecule has 0 bridgehead atoms. The van der Waals surface area contributed by atoms with Crippen LogP contribution in [0.1, 0.15) is 43.3 Å². The molecule has 0 amide bonds. The van der Waals surface area contributed by atoms with Gasteiger partial charge in [0.15, 0.2) is 0 Å². The van der Waals surface area contributed by atoms with Gasteiger partial charge in [-0.1, -0.05) is 45.0 Å². The summed E-state index contributed by atoms with van der Waals surface area (Å²) < 4.78 is 29.3. The van der Waals surface area contributed by atoms with Crippen molar-refractivity contribution in [1.82, 2.24) is 14.5 Å². The van der Waals surface area contributed by atoms with Crippen LogP contribution >= 0.6 is 0 Å². The Morgan fingerprint density at radius 2 is 1.71 bits per heavy atom. The monoisotopic (exact) mass is 349 g/mol. The quantitative estimate of drug-likeness (QED) is 0.903. The fourth-order valence-electron chi connectivity index (χ4n) is 2.72. The smallest absolute Gasteiger partial charge is 0.244 e. The van der Waals surface area contributed by atoms with Crippen LogP contribution in [-0.4, -0.2) is 24.7 Å². The molecule has 1 aromatic carbocycles. The van der Waals surface area contributed by atoms with E-state index >= 15 is 0 Å². The molecule has 1 N–H and O–H groups in total. The Morgan fingerprint density at radius 3 is 2.17 bits per heavy atom. The molecule has 5 nitrogen and oxygen atoms in total. The van der Waals surface area contributed by atoms with Crippen LogP contribution in [0.5, 0.6) is 0 Å². The van der Waals surface area contributed by atoms with Crippen molar-refractivity contribution in [2.75, 3.05) is 6.54 Å². The summed E-state index contributed by atoms with van der Waals surface area (Å²) >= 11 is 0. The van der Waals surface area contributed by atoms with E-state index in [2.05, 4.69) is 54.9 Å². The number of aromatic nitrogens is 2. The Morgan fingerprint density at radius 1 is 1.12 bits per heavy atom. The van der Waals surface area contributed by atoms with Crippen LogP contribution in [0.2, 0.25) is 0 Å². The molecule has 24 heavy (non-hydrogen) atoms. The highest BCUT2D eigenvalue weighted by atomic mass is 32.2. The van der Waals surface area contributed by atoms with Crippen molar-refractivity contribution in [2.24, 2.45) is 7.05 Å². The van der Waals surface area contributed by atoms with E-state index in [1.165, 1.54) is 5.56 Å². The summed E-state index contributed by atoms with van der Waals surface area (Å²) in [6.45, 7) is 10.4. The molecule has 0 unspecified atom stereocenters.